The van der Waals surface area contributed by atoms with Crippen LogP contribution in [-0.4, -0.2) is 33.5 Å². The number of ether oxygens (including phenoxy) is 2. The van der Waals surface area contributed by atoms with E-state index in [9.17, 15) is 4.79 Å². The average Bonchev–Trinajstić information content (AvgIpc) is 3.12. The first kappa shape index (κ1) is 21.2. The summed E-state index contributed by atoms with van der Waals surface area (Å²) in [5.41, 5.74) is 1.60. The van der Waals surface area contributed by atoms with Crippen LogP contribution in [0.3, 0.4) is 0 Å². The maximum atomic E-state index is 12.2. The quantitative estimate of drug-likeness (QED) is 0.527. The molecule has 0 radical (unpaired) electrons. The van der Waals surface area contributed by atoms with Crippen molar-refractivity contribution in [1.29, 1.82) is 5.26 Å². The second kappa shape index (κ2) is 10.3. The molecular weight excluding hydrogens is 402 g/mol. The van der Waals surface area contributed by atoms with Gasteiger partial charge in [-0.1, -0.05) is 23.9 Å². The third kappa shape index (κ3) is 5.75. The molecule has 0 saturated heterocycles. The van der Waals surface area contributed by atoms with Gasteiger partial charge >= 0.3 is 0 Å². The van der Waals surface area contributed by atoms with Gasteiger partial charge in [0, 0.05) is 12.7 Å². The van der Waals surface area contributed by atoms with Gasteiger partial charge in [-0.25, -0.2) is 0 Å². The fourth-order valence-corrected chi connectivity index (χ4v) is 3.27. The number of amides is 1. The van der Waals surface area contributed by atoms with Crippen LogP contribution in [0.5, 0.6) is 11.5 Å². The van der Waals surface area contributed by atoms with Gasteiger partial charge in [-0.2, -0.15) is 5.26 Å². The van der Waals surface area contributed by atoms with E-state index in [1.54, 1.807) is 23.8 Å². The summed E-state index contributed by atoms with van der Waals surface area (Å²) >= 11 is 1.30. The lowest BCUT2D eigenvalue weighted by atomic mass is 10.1. The van der Waals surface area contributed by atoms with Crippen molar-refractivity contribution in [1.82, 2.24) is 14.8 Å². The van der Waals surface area contributed by atoms with E-state index in [0.29, 0.717) is 28.8 Å². The van der Waals surface area contributed by atoms with Gasteiger partial charge in [-0.3, -0.25) is 4.79 Å². The van der Waals surface area contributed by atoms with Crippen LogP contribution in [0.4, 0.5) is 5.69 Å². The lowest BCUT2D eigenvalue weighted by Crippen LogP contribution is -2.14. The topological polar surface area (TPSA) is 102 Å². The van der Waals surface area contributed by atoms with Crippen LogP contribution in [-0.2, 0) is 24.9 Å². The van der Waals surface area contributed by atoms with E-state index in [1.807, 2.05) is 43.4 Å². The number of anilines is 1. The number of rotatable bonds is 9. The number of methoxy groups -OCH3 is 1. The zero-order valence-corrected chi connectivity index (χ0v) is 17.5. The van der Waals surface area contributed by atoms with Crippen molar-refractivity contribution in [2.24, 2.45) is 7.05 Å². The average molecular weight is 423 g/mol. The Labute approximate surface area is 178 Å². The van der Waals surface area contributed by atoms with Crippen molar-refractivity contribution in [2.45, 2.75) is 18.2 Å². The number of nitrogens with zero attached hydrogens (tertiary/aromatic N) is 4. The summed E-state index contributed by atoms with van der Waals surface area (Å²) in [5, 5.41) is 20.4. The summed E-state index contributed by atoms with van der Waals surface area (Å²) in [5.74, 6) is 2.17. The maximum Gasteiger partial charge on any atom is 0.234 e. The minimum absolute atomic E-state index is 0.146. The van der Waals surface area contributed by atoms with Crippen LogP contribution in [0.1, 0.15) is 11.4 Å². The molecule has 3 aromatic rings. The van der Waals surface area contributed by atoms with Crippen molar-refractivity contribution in [2.75, 3.05) is 18.2 Å². The SMILES string of the molecule is COc1ccc(OCc2nnc(SCC(=O)Nc3ccc(CC#N)cc3)n2C)cc1. The third-order valence-electron chi connectivity index (χ3n) is 4.21. The number of aromatic nitrogens is 3. The highest BCUT2D eigenvalue weighted by atomic mass is 32.2. The van der Waals surface area contributed by atoms with Crippen LogP contribution < -0.4 is 14.8 Å². The highest BCUT2D eigenvalue weighted by Crippen LogP contribution is 2.20. The Bertz CT molecular complexity index is 1030. The zero-order chi connectivity index (χ0) is 21.3. The predicted octanol–water partition coefficient (Wildman–Crippen LogP) is 3.20. The highest BCUT2D eigenvalue weighted by molar-refractivity contribution is 7.99. The Morgan fingerprint density at radius 3 is 2.50 bits per heavy atom. The summed E-state index contributed by atoms with van der Waals surface area (Å²) in [4.78, 5) is 12.2. The normalized spacial score (nSPS) is 10.3. The van der Waals surface area contributed by atoms with Crippen molar-refractivity contribution >= 4 is 23.4 Å². The molecule has 0 atom stereocenters. The minimum Gasteiger partial charge on any atom is -0.497 e. The van der Waals surface area contributed by atoms with Gasteiger partial charge in [0.1, 0.15) is 18.1 Å². The summed E-state index contributed by atoms with van der Waals surface area (Å²) in [6.07, 6.45) is 0.348. The van der Waals surface area contributed by atoms with Crippen molar-refractivity contribution in [3.05, 3.63) is 59.9 Å². The minimum atomic E-state index is -0.146. The monoisotopic (exact) mass is 423 g/mol. The van der Waals surface area contributed by atoms with Crippen molar-refractivity contribution in [3.63, 3.8) is 0 Å². The molecule has 154 valence electrons. The second-order valence-electron chi connectivity index (χ2n) is 6.29. The Morgan fingerprint density at radius 1 is 1.13 bits per heavy atom. The molecular formula is C21H21N5O3S. The van der Waals surface area contributed by atoms with Gasteiger partial charge in [-0.15, -0.1) is 10.2 Å². The standard InChI is InChI=1S/C21H21N5O3S/c1-26-19(13-29-18-9-7-17(28-2)8-10-18)24-25-21(26)30-14-20(27)23-16-5-3-15(4-6-16)11-12-22/h3-10H,11,13-14H2,1-2H3,(H,23,27). The van der Waals surface area contributed by atoms with Gasteiger partial charge < -0.3 is 19.4 Å². The van der Waals surface area contributed by atoms with E-state index in [2.05, 4.69) is 21.6 Å². The number of carbonyl (C=O) groups is 1. The molecule has 1 N–H and O–H groups in total. The summed E-state index contributed by atoms with van der Waals surface area (Å²) < 4.78 is 12.7. The summed E-state index contributed by atoms with van der Waals surface area (Å²) in [7, 11) is 3.45. The van der Waals surface area contributed by atoms with E-state index < -0.39 is 0 Å². The third-order valence-corrected chi connectivity index (χ3v) is 5.23. The second-order valence-corrected chi connectivity index (χ2v) is 7.23. The molecule has 0 saturated carbocycles. The first-order valence-corrected chi connectivity index (χ1v) is 10.1. The first-order chi connectivity index (χ1) is 14.6. The smallest absolute Gasteiger partial charge is 0.234 e. The molecule has 0 aliphatic heterocycles. The van der Waals surface area contributed by atoms with E-state index in [4.69, 9.17) is 14.7 Å². The molecule has 0 unspecified atom stereocenters. The number of thioether (sulfide) groups is 1. The first-order valence-electron chi connectivity index (χ1n) is 9.12. The highest BCUT2D eigenvalue weighted by Gasteiger charge is 2.12. The van der Waals surface area contributed by atoms with Crippen molar-refractivity contribution < 1.29 is 14.3 Å². The molecule has 3 rings (SSSR count). The molecule has 2 aromatic carbocycles. The summed E-state index contributed by atoms with van der Waals surface area (Å²) in [6, 6.07) is 16.6. The number of carbonyl (C=O) groups excluding carboxylic acids is 1. The van der Waals surface area contributed by atoms with Gasteiger partial charge in [0.05, 0.1) is 25.4 Å². The van der Waals surface area contributed by atoms with Crippen molar-refractivity contribution in [3.8, 4) is 17.6 Å². The van der Waals surface area contributed by atoms with E-state index in [-0.39, 0.29) is 18.3 Å². The molecule has 1 aromatic heterocycles. The molecule has 8 nitrogen and oxygen atoms in total. The molecule has 0 aliphatic carbocycles. The van der Waals surface area contributed by atoms with Crippen LogP contribution >= 0.6 is 11.8 Å². The maximum absolute atomic E-state index is 12.2. The molecule has 30 heavy (non-hydrogen) atoms. The molecule has 1 amide bonds. The predicted molar refractivity (Wildman–Crippen MR) is 113 cm³/mol. The van der Waals surface area contributed by atoms with Crippen LogP contribution in [0.15, 0.2) is 53.7 Å². The Balaban J connectivity index is 1.49. The van der Waals surface area contributed by atoms with Gasteiger partial charge in [0.2, 0.25) is 5.91 Å². The lowest BCUT2D eigenvalue weighted by molar-refractivity contribution is -0.113. The molecule has 9 heteroatoms. The van der Waals surface area contributed by atoms with E-state index >= 15 is 0 Å². The van der Waals surface area contributed by atoms with Gasteiger partial charge in [0.15, 0.2) is 11.0 Å². The number of nitriles is 1. The van der Waals surface area contributed by atoms with E-state index in [1.165, 1.54) is 11.8 Å². The Hall–Kier alpha value is -3.51. The van der Waals surface area contributed by atoms with Crippen LogP contribution in [0, 0.1) is 11.3 Å². The van der Waals surface area contributed by atoms with E-state index in [0.717, 1.165) is 11.3 Å². The molecule has 0 aliphatic rings. The van der Waals surface area contributed by atoms with Crippen LogP contribution in [0.2, 0.25) is 0 Å². The van der Waals surface area contributed by atoms with Gasteiger partial charge in [-0.05, 0) is 42.0 Å². The number of hydrogen-bond donors (Lipinski definition) is 1. The number of benzene rings is 2. The largest absolute Gasteiger partial charge is 0.497 e. The zero-order valence-electron chi connectivity index (χ0n) is 16.7. The summed E-state index contributed by atoms with van der Waals surface area (Å²) in [6.45, 7) is 0.262. The number of hydrogen-bond acceptors (Lipinski definition) is 7. The lowest BCUT2D eigenvalue weighted by Gasteiger charge is -2.08. The van der Waals surface area contributed by atoms with Crippen LogP contribution in [0.25, 0.3) is 0 Å². The Kier molecular flexibility index (Phi) is 7.29. The Morgan fingerprint density at radius 2 is 1.83 bits per heavy atom. The molecule has 0 fully saturated rings. The fourth-order valence-electron chi connectivity index (χ4n) is 2.54. The number of nitrogens with one attached hydrogen (secondary N) is 1. The molecule has 0 bridgehead atoms. The molecule has 1 heterocycles. The fraction of sp³-hybridized carbons (Fsp3) is 0.238. The van der Waals surface area contributed by atoms with Gasteiger partial charge in [0.25, 0.3) is 0 Å². The molecule has 0 spiro atoms.